The zero-order chi connectivity index (χ0) is 12.3. The van der Waals surface area contributed by atoms with E-state index in [1.807, 2.05) is 6.07 Å². The summed E-state index contributed by atoms with van der Waals surface area (Å²) in [6.45, 7) is 0. The summed E-state index contributed by atoms with van der Waals surface area (Å²) < 4.78 is 12.6. The summed E-state index contributed by atoms with van der Waals surface area (Å²) >= 11 is 0. The van der Waals surface area contributed by atoms with E-state index in [1.54, 1.807) is 24.3 Å². The summed E-state index contributed by atoms with van der Waals surface area (Å²) in [6.07, 6.45) is 0.215. The predicted octanol–water partition coefficient (Wildman–Crippen LogP) is 1.37. The lowest BCUT2D eigenvalue weighted by atomic mass is 10.3. The number of hydrogen-bond acceptors (Lipinski definition) is 3. The number of carbonyl (C=O) groups excluding carboxylic acids is 1. The topological polar surface area (TPSA) is 48.3 Å². The van der Waals surface area contributed by atoms with E-state index in [0.717, 1.165) is 0 Å². The van der Waals surface area contributed by atoms with Crippen LogP contribution in [0.1, 0.15) is 1.37 Å². The fourth-order valence-electron chi connectivity index (χ4n) is 1.37. The Kier molecular flexibility index (Phi) is 2.47. The van der Waals surface area contributed by atoms with E-state index in [1.165, 1.54) is 22.9 Å². The lowest BCUT2D eigenvalue weighted by Crippen LogP contribution is -2.16. The number of rotatable bonds is 2. The van der Waals surface area contributed by atoms with Crippen LogP contribution in [0.4, 0.5) is 0 Å². The van der Waals surface area contributed by atoms with Gasteiger partial charge in [-0.25, -0.2) is 0 Å². The van der Waals surface area contributed by atoms with Crippen molar-refractivity contribution in [3.05, 3.63) is 59.0 Å². The maximum absolute atomic E-state index is 11.6. The van der Waals surface area contributed by atoms with E-state index in [-0.39, 0.29) is 11.3 Å². The molecule has 0 atom stereocenters. The van der Waals surface area contributed by atoms with E-state index < -0.39 is 6.45 Å². The van der Waals surface area contributed by atoms with Crippen LogP contribution in [0.25, 0.3) is 5.69 Å². The van der Waals surface area contributed by atoms with Crippen LogP contribution in [0.15, 0.2) is 53.5 Å². The molecule has 0 saturated heterocycles. The van der Waals surface area contributed by atoms with Gasteiger partial charge in [-0.3, -0.25) is 14.2 Å². The molecule has 4 nitrogen and oxygen atoms in total. The smallest absolute Gasteiger partial charge is 0.298 e. The Hall–Kier alpha value is -2.36. The molecule has 1 aromatic carbocycles. The van der Waals surface area contributed by atoms with Crippen LogP contribution in [-0.2, 0) is 4.79 Å². The second-order valence-electron chi connectivity index (χ2n) is 3.09. The molecule has 4 heteroatoms. The first-order chi connectivity index (χ1) is 8.16. The van der Waals surface area contributed by atoms with Crippen LogP contribution >= 0.6 is 0 Å². The molecule has 1 aromatic heterocycles. The van der Waals surface area contributed by atoms with E-state index in [4.69, 9.17) is 1.37 Å². The molecule has 0 radical (unpaired) electrons. The summed E-state index contributed by atoms with van der Waals surface area (Å²) in [6, 6.07) is 11.6. The zero-order valence-electron chi connectivity index (χ0n) is 9.29. The minimum atomic E-state index is -1.16. The maximum Gasteiger partial charge on any atom is 0.298 e. The Labute approximate surface area is 93.1 Å². The average molecular weight is 216 g/mol. The Bertz CT molecular complexity index is 592. The highest BCUT2D eigenvalue weighted by molar-refractivity contribution is 5.45. The molecule has 0 fully saturated rings. The highest BCUT2D eigenvalue weighted by atomic mass is 16.5. The van der Waals surface area contributed by atoms with Crippen molar-refractivity contribution in [2.75, 3.05) is 0 Å². The van der Waals surface area contributed by atoms with Gasteiger partial charge in [-0.05, 0) is 18.2 Å². The summed E-state index contributed by atoms with van der Waals surface area (Å²) in [5, 5.41) is 0. The third-order valence-electron chi connectivity index (χ3n) is 2.08. The highest BCUT2D eigenvalue weighted by Crippen LogP contribution is 2.10. The van der Waals surface area contributed by atoms with Gasteiger partial charge in [-0.15, -0.1) is 0 Å². The summed E-state index contributed by atoms with van der Waals surface area (Å²) in [5.41, 5.74) is 0.432. The molecule has 0 amide bonds. The lowest BCUT2D eigenvalue weighted by Gasteiger charge is -2.06. The standard InChI is InChI=1S/C12H9NO3/c14-9-16-11-6-7-12(15)13(8-11)10-4-2-1-3-5-10/h1-9H/i9D. The second kappa shape index (κ2) is 4.44. The predicted molar refractivity (Wildman–Crippen MR) is 58.7 cm³/mol. The van der Waals surface area contributed by atoms with Crippen molar-refractivity contribution < 1.29 is 10.9 Å². The van der Waals surface area contributed by atoms with E-state index in [0.29, 0.717) is 5.69 Å². The van der Waals surface area contributed by atoms with Crippen molar-refractivity contribution >= 4 is 6.45 Å². The molecule has 80 valence electrons. The number of nitrogens with zero attached hydrogens (tertiary/aromatic N) is 1. The van der Waals surface area contributed by atoms with Gasteiger partial charge in [0.25, 0.3) is 12.0 Å². The molecule has 0 aliphatic carbocycles. The summed E-state index contributed by atoms with van der Waals surface area (Å²) in [5.74, 6) is 0.161. The van der Waals surface area contributed by atoms with E-state index >= 15 is 0 Å². The van der Waals surface area contributed by atoms with Gasteiger partial charge in [0.15, 0.2) is 1.37 Å². The molecule has 0 saturated carbocycles. The SMILES string of the molecule is [2H]C(=O)Oc1ccc(=O)n(-c2ccccc2)c1. The number of carbonyl (C=O) groups is 1. The number of ether oxygens (including phenoxy) is 1. The Balaban J connectivity index is 2.47. The molecule has 0 spiro atoms. The van der Waals surface area contributed by atoms with Crippen LogP contribution in [0.3, 0.4) is 0 Å². The van der Waals surface area contributed by atoms with Gasteiger partial charge in [0, 0.05) is 11.8 Å². The first-order valence-corrected chi connectivity index (χ1v) is 4.63. The van der Waals surface area contributed by atoms with Crippen LogP contribution in [0, 0.1) is 0 Å². The van der Waals surface area contributed by atoms with Gasteiger partial charge in [0.2, 0.25) is 0 Å². The maximum atomic E-state index is 11.6. The fourth-order valence-corrected chi connectivity index (χ4v) is 1.37. The number of para-hydroxylation sites is 1. The molecular weight excluding hydrogens is 206 g/mol. The van der Waals surface area contributed by atoms with Crippen LogP contribution in [0.5, 0.6) is 5.75 Å². The molecule has 2 rings (SSSR count). The average Bonchev–Trinajstić information content (AvgIpc) is 2.32. The van der Waals surface area contributed by atoms with Crippen molar-refractivity contribution in [3.63, 3.8) is 0 Å². The first-order valence-electron chi connectivity index (χ1n) is 5.13. The molecule has 0 aliphatic rings. The number of benzene rings is 1. The van der Waals surface area contributed by atoms with Crippen molar-refractivity contribution in [2.45, 2.75) is 0 Å². The molecule has 0 N–H and O–H groups in total. The van der Waals surface area contributed by atoms with Gasteiger partial charge in [-0.1, -0.05) is 18.2 Å². The molecule has 16 heavy (non-hydrogen) atoms. The fraction of sp³-hybridized carbons (Fsp3) is 0. The number of aromatic nitrogens is 1. The van der Waals surface area contributed by atoms with Gasteiger partial charge in [0.05, 0.1) is 6.20 Å². The molecule has 2 aromatic rings. The number of hydrogen-bond donors (Lipinski definition) is 0. The lowest BCUT2D eigenvalue weighted by molar-refractivity contribution is -0.120. The number of pyridine rings is 1. The quantitative estimate of drug-likeness (QED) is 0.712. The Morgan fingerprint density at radius 1 is 1.19 bits per heavy atom. The zero-order valence-corrected chi connectivity index (χ0v) is 8.29. The van der Waals surface area contributed by atoms with Gasteiger partial charge < -0.3 is 4.74 Å². The van der Waals surface area contributed by atoms with Crippen LogP contribution in [-0.4, -0.2) is 11.0 Å². The van der Waals surface area contributed by atoms with Crippen LogP contribution < -0.4 is 10.3 Å². The van der Waals surface area contributed by atoms with Gasteiger partial charge in [0.1, 0.15) is 5.75 Å². The summed E-state index contributed by atoms with van der Waals surface area (Å²) in [4.78, 5) is 22.1. The van der Waals surface area contributed by atoms with Gasteiger partial charge >= 0.3 is 0 Å². The third-order valence-corrected chi connectivity index (χ3v) is 2.08. The van der Waals surface area contributed by atoms with Crippen molar-refractivity contribution in [3.8, 4) is 11.4 Å². The molecule has 1 heterocycles. The third kappa shape index (κ3) is 2.00. The van der Waals surface area contributed by atoms with E-state index in [9.17, 15) is 9.59 Å². The van der Waals surface area contributed by atoms with Crippen molar-refractivity contribution in [2.24, 2.45) is 0 Å². The van der Waals surface area contributed by atoms with Crippen molar-refractivity contribution in [1.29, 1.82) is 0 Å². The highest BCUT2D eigenvalue weighted by Gasteiger charge is 2.01. The Morgan fingerprint density at radius 3 is 2.62 bits per heavy atom. The van der Waals surface area contributed by atoms with Crippen molar-refractivity contribution in [1.82, 2.24) is 4.57 Å². The molecular formula is C12H9NO3. The largest absolute Gasteiger partial charge is 0.427 e. The Morgan fingerprint density at radius 2 is 1.94 bits per heavy atom. The molecule has 0 bridgehead atoms. The first kappa shape index (κ1) is 8.91. The minimum absolute atomic E-state index is 0.161. The van der Waals surface area contributed by atoms with E-state index in [2.05, 4.69) is 4.74 Å². The minimum Gasteiger partial charge on any atom is -0.427 e. The van der Waals surface area contributed by atoms with Gasteiger partial charge in [-0.2, -0.15) is 0 Å². The molecule has 0 aliphatic heterocycles. The summed E-state index contributed by atoms with van der Waals surface area (Å²) in [7, 11) is 0. The molecule has 0 unspecified atom stereocenters. The normalized spacial score (nSPS) is 10.6. The van der Waals surface area contributed by atoms with Crippen LogP contribution in [0.2, 0.25) is 0 Å². The second-order valence-corrected chi connectivity index (χ2v) is 3.09. The monoisotopic (exact) mass is 216 g/mol.